The summed E-state index contributed by atoms with van der Waals surface area (Å²) >= 11 is 0. The van der Waals surface area contributed by atoms with E-state index in [0.717, 1.165) is 31.6 Å². The lowest BCUT2D eigenvalue weighted by atomic mass is 10.1. The van der Waals surface area contributed by atoms with E-state index in [-0.39, 0.29) is 6.61 Å². The third kappa shape index (κ3) is 6.46. The molecule has 0 N–H and O–H groups in total. The van der Waals surface area contributed by atoms with Crippen LogP contribution in [-0.4, -0.2) is 13.2 Å². The van der Waals surface area contributed by atoms with Gasteiger partial charge in [-0.05, 0) is 25.0 Å². The van der Waals surface area contributed by atoms with Crippen molar-refractivity contribution >= 4 is 0 Å². The largest absolute Gasteiger partial charge is 0.494 e. The molecule has 2 nitrogen and oxygen atoms in total. The molecule has 0 aliphatic rings. The zero-order valence-electron chi connectivity index (χ0n) is 9.86. The van der Waals surface area contributed by atoms with Crippen LogP contribution in [-0.2, 0) is 5.11 Å². The lowest BCUT2D eigenvalue weighted by Crippen LogP contribution is -1.96. The van der Waals surface area contributed by atoms with Gasteiger partial charge in [-0.25, -0.2) is 5.11 Å². The van der Waals surface area contributed by atoms with Crippen LogP contribution < -0.4 is 4.74 Å². The Balaban J connectivity index is 1.89. The Morgan fingerprint density at radius 3 is 2.12 bits per heavy atom. The fourth-order valence-corrected chi connectivity index (χ4v) is 1.62. The van der Waals surface area contributed by atoms with Crippen LogP contribution in [0.1, 0.15) is 38.5 Å². The molecule has 1 aromatic carbocycles. The Morgan fingerprint density at radius 1 is 0.812 bits per heavy atom. The topological polar surface area (TPSA) is 29.1 Å². The number of hydrogen-bond donors (Lipinski definition) is 0. The van der Waals surface area contributed by atoms with Crippen molar-refractivity contribution in [1.82, 2.24) is 0 Å². The molecule has 0 bridgehead atoms. The second-order valence-electron chi connectivity index (χ2n) is 3.99. The zero-order chi connectivity index (χ0) is 11.5. The number of rotatable bonds is 9. The van der Waals surface area contributed by atoms with E-state index in [1.54, 1.807) is 0 Å². The summed E-state index contributed by atoms with van der Waals surface area (Å²) < 4.78 is 5.58. The summed E-state index contributed by atoms with van der Waals surface area (Å²) in [4.78, 5) is 0. The fourth-order valence-electron chi connectivity index (χ4n) is 1.62. The molecule has 0 aromatic heterocycles. The van der Waals surface area contributed by atoms with E-state index in [4.69, 9.17) is 4.74 Å². The van der Waals surface area contributed by atoms with E-state index in [2.05, 4.69) is 0 Å². The predicted molar refractivity (Wildman–Crippen MR) is 65.2 cm³/mol. The predicted octanol–water partition coefficient (Wildman–Crippen LogP) is 3.84. The molecule has 0 amide bonds. The lowest BCUT2D eigenvalue weighted by Gasteiger charge is -2.05. The minimum atomic E-state index is 0.0805. The maximum absolute atomic E-state index is 10.2. The monoisotopic (exact) mass is 221 g/mol. The average Bonchev–Trinajstić information content (AvgIpc) is 2.34. The second-order valence-corrected chi connectivity index (χ2v) is 3.99. The van der Waals surface area contributed by atoms with Crippen LogP contribution in [0.5, 0.6) is 5.75 Å². The van der Waals surface area contributed by atoms with Gasteiger partial charge in [0, 0.05) is 0 Å². The van der Waals surface area contributed by atoms with Crippen molar-refractivity contribution in [2.24, 2.45) is 0 Å². The van der Waals surface area contributed by atoms with Gasteiger partial charge in [-0.3, -0.25) is 0 Å². The van der Waals surface area contributed by atoms with Gasteiger partial charge in [0.25, 0.3) is 0 Å². The minimum absolute atomic E-state index is 0.0805. The Labute approximate surface area is 98.3 Å². The van der Waals surface area contributed by atoms with Crippen molar-refractivity contribution in [3.05, 3.63) is 30.3 Å². The molecule has 0 saturated heterocycles. The summed E-state index contributed by atoms with van der Waals surface area (Å²) in [6.07, 6.45) is 6.63. The highest BCUT2D eigenvalue weighted by atomic mass is 16.5. The van der Waals surface area contributed by atoms with Crippen molar-refractivity contribution in [2.45, 2.75) is 38.5 Å². The van der Waals surface area contributed by atoms with E-state index in [9.17, 15) is 5.11 Å². The third-order valence-corrected chi connectivity index (χ3v) is 2.55. The molecule has 0 saturated carbocycles. The molecule has 0 fully saturated rings. The van der Waals surface area contributed by atoms with E-state index < -0.39 is 0 Å². The molecular formula is C14H21O2. The van der Waals surface area contributed by atoms with E-state index in [1.165, 1.54) is 19.3 Å². The Morgan fingerprint density at radius 2 is 1.44 bits per heavy atom. The van der Waals surface area contributed by atoms with E-state index in [0.29, 0.717) is 0 Å². The zero-order valence-corrected chi connectivity index (χ0v) is 9.86. The molecule has 0 aliphatic heterocycles. The summed E-state index contributed by atoms with van der Waals surface area (Å²) in [6, 6.07) is 9.92. The van der Waals surface area contributed by atoms with Crippen LogP contribution in [0, 0.1) is 0 Å². The highest BCUT2D eigenvalue weighted by molar-refractivity contribution is 5.20. The smallest absolute Gasteiger partial charge is 0.119 e. The first kappa shape index (κ1) is 13.0. The third-order valence-electron chi connectivity index (χ3n) is 2.55. The highest BCUT2D eigenvalue weighted by Crippen LogP contribution is 2.10. The fraction of sp³-hybridized carbons (Fsp3) is 0.571. The lowest BCUT2D eigenvalue weighted by molar-refractivity contribution is 0.185. The van der Waals surface area contributed by atoms with Gasteiger partial charge in [0.15, 0.2) is 0 Å². The Hall–Kier alpha value is -1.02. The van der Waals surface area contributed by atoms with Gasteiger partial charge in [-0.15, -0.1) is 0 Å². The summed E-state index contributed by atoms with van der Waals surface area (Å²) in [6.45, 7) is 0.878. The number of benzene rings is 1. The van der Waals surface area contributed by atoms with Gasteiger partial charge in [0.05, 0.1) is 13.2 Å². The molecule has 0 atom stereocenters. The number of hydrogen-bond acceptors (Lipinski definition) is 1. The Kier molecular flexibility index (Phi) is 7.52. The molecule has 0 spiro atoms. The molecule has 0 unspecified atom stereocenters. The normalized spacial score (nSPS) is 10.3. The van der Waals surface area contributed by atoms with E-state index in [1.807, 2.05) is 30.3 Å². The van der Waals surface area contributed by atoms with Crippen LogP contribution in [0.4, 0.5) is 0 Å². The summed E-state index contributed by atoms with van der Waals surface area (Å²) in [5.41, 5.74) is 0. The van der Waals surface area contributed by atoms with Crippen LogP contribution in [0.25, 0.3) is 0 Å². The molecular weight excluding hydrogens is 200 g/mol. The van der Waals surface area contributed by atoms with Crippen LogP contribution in [0.2, 0.25) is 0 Å². The molecule has 2 heteroatoms. The minimum Gasteiger partial charge on any atom is -0.494 e. The van der Waals surface area contributed by atoms with Crippen molar-refractivity contribution in [1.29, 1.82) is 0 Å². The quantitative estimate of drug-likeness (QED) is 0.582. The van der Waals surface area contributed by atoms with Gasteiger partial charge < -0.3 is 4.74 Å². The molecule has 1 radical (unpaired) electrons. The molecule has 89 valence electrons. The summed E-state index contributed by atoms with van der Waals surface area (Å²) in [5.74, 6) is 0.953. The first-order valence-corrected chi connectivity index (χ1v) is 6.19. The SMILES string of the molecule is [O]CCCCCCCCOc1ccccc1. The summed E-state index contributed by atoms with van der Waals surface area (Å²) in [7, 11) is 0. The van der Waals surface area contributed by atoms with Crippen LogP contribution in [0.15, 0.2) is 30.3 Å². The number of ether oxygens (including phenoxy) is 1. The first-order chi connectivity index (χ1) is 7.93. The van der Waals surface area contributed by atoms with Gasteiger partial charge >= 0.3 is 0 Å². The summed E-state index contributed by atoms with van der Waals surface area (Å²) in [5, 5.41) is 10.2. The van der Waals surface area contributed by atoms with Crippen LogP contribution in [0.3, 0.4) is 0 Å². The molecule has 16 heavy (non-hydrogen) atoms. The Bertz CT molecular complexity index is 246. The van der Waals surface area contributed by atoms with E-state index >= 15 is 0 Å². The molecule has 0 aliphatic carbocycles. The molecule has 1 aromatic rings. The first-order valence-electron chi connectivity index (χ1n) is 6.19. The van der Waals surface area contributed by atoms with Gasteiger partial charge in [-0.2, -0.15) is 0 Å². The van der Waals surface area contributed by atoms with Crippen molar-refractivity contribution in [3.8, 4) is 5.75 Å². The number of para-hydroxylation sites is 1. The number of unbranched alkanes of at least 4 members (excludes halogenated alkanes) is 5. The van der Waals surface area contributed by atoms with Gasteiger partial charge in [-0.1, -0.05) is 43.9 Å². The van der Waals surface area contributed by atoms with Gasteiger partial charge in [0.2, 0.25) is 0 Å². The standard InChI is InChI=1S/C14H21O2/c15-12-8-3-1-2-4-9-13-16-14-10-6-5-7-11-14/h5-7,10-11H,1-4,8-9,12-13H2. The molecule has 1 rings (SSSR count). The van der Waals surface area contributed by atoms with Crippen LogP contribution >= 0.6 is 0 Å². The second kappa shape index (κ2) is 9.22. The maximum atomic E-state index is 10.2. The van der Waals surface area contributed by atoms with Crippen molar-refractivity contribution in [2.75, 3.05) is 13.2 Å². The van der Waals surface area contributed by atoms with Crippen molar-refractivity contribution < 1.29 is 9.84 Å². The molecule has 0 heterocycles. The average molecular weight is 221 g/mol. The maximum Gasteiger partial charge on any atom is 0.119 e. The highest BCUT2D eigenvalue weighted by Gasteiger charge is 1.93. The van der Waals surface area contributed by atoms with Crippen molar-refractivity contribution in [3.63, 3.8) is 0 Å². The van der Waals surface area contributed by atoms with Gasteiger partial charge in [0.1, 0.15) is 5.75 Å².